The van der Waals surface area contributed by atoms with Crippen LogP contribution < -0.4 is 10.6 Å². The number of fused-ring (bicyclic) bond motifs is 1. The number of imidazole rings is 1. The second kappa shape index (κ2) is 10.4. The molecule has 0 radical (unpaired) electrons. The molecule has 0 bridgehead atoms. The highest BCUT2D eigenvalue weighted by molar-refractivity contribution is 5.81. The van der Waals surface area contributed by atoms with Crippen molar-refractivity contribution in [2.75, 3.05) is 37.7 Å². The molecule has 0 saturated carbocycles. The van der Waals surface area contributed by atoms with Gasteiger partial charge in [-0.3, -0.25) is 28.8 Å². The number of esters is 1. The number of hydrogen-bond acceptors (Lipinski definition) is 7. The zero-order valence-corrected chi connectivity index (χ0v) is 19.5. The third-order valence-corrected chi connectivity index (χ3v) is 6.20. The number of para-hydroxylation sites is 2. The van der Waals surface area contributed by atoms with Crippen LogP contribution in [0, 0.1) is 10.1 Å². The second-order valence-electron chi connectivity index (χ2n) is 8.22. The Morgan fingerprint density at radius 1 is 0.971 bits per heavy atom. The van der Waals surface area contributed by atoms with E-state index < -0.39 is 10.9 Å². The van der Waals surface area contributed by atoms with Crippen LogP contribution in [0.3, 0.4) is 0 Å². The standard InChI is InChI=1S/C24H27N5O6/c1-2-27-20-5-3-4-6-21(20)28(24(27)32)12-11-23(31)35-17-22(30)26-15-13-25(14-16-26)18-7-9-19(10-8-18)29(33)34/h3-10H,2,11-17H2,1H3. The van der Waals surface area contributed by atoms with Gasteiger partial charge in [0.15, 0.2) is 6.61 Å². The van der Waals surface area contributed by atoms with Crippen molar-refractivity contribution in [1.29, 1.82) is 0 Å². The molecule has 1 aliphatic heterocycles. The van der Waals surface area contributed by atoms with E-state index in [1.54, 1.807) is 26.2 Å². The summed E-state index contributed by atoms with van der Waals surface area (Å²) < 4.78 is 8.39. The molecule has 1 fully saturated rings. The lowest BCUT2D eigenvalue weighted by atomic mass is 10.2. The number of non-ortho nitro benzene ring substituents is 1. The van der Waals surface area contributed by atoms with Crippen LogP contribution in [0.2, 0.25) is 0 Å². The first-order valence-corrected chi connectivity index (χ1v) is 11.5. The number of anilines is 1. The molecule has 0 unspecified atom stereocenters. The molecule has 1 aromatic heterocycles. The third kappa shape index (κ3) is 5.18. The summed E-state index contributed by atoms with van der Waals surface area (Å²) >= 11 is 0. The zero-order chi connectivity index (χ0) is 24.9. The van der Waals surface area contributed by atoms with Crippen molar-refractivity contribution in [2.24, 2.45) is 0 Å². The van der Waals surface area contributed by atoms with Crippen molar-refractivity contribution in [1.82, 2.24) is 14.0 Å². The van der Waals surface area contributed by atoms with E-state index in [4.69, 9.17) is 4.74 Å². The van der Waals surface area contributed by atoms with Gasteiger partial charge in [0, 0.05) is 57.1 Å². The van der Waals surface area contributed by atoms with Crippen LogP contribution in [-0.2, 0) is 27.4 Å². The predicted molar refractivity (Wildman–Crippen MR) is 129 cm³/mol. The molecule has 2 heterocycles. The van der Waals surface area contributed by atoms with E-state index in [9.17, 15) is 24.5 Å². The first-order chi connectivity index (χ1) is 16.9. The quantitative estimate of drug-likeness (QED) is 0.274. The van der Waals surface area contributed by atoms with E-state index in [2.05, 4.69) is 0 Å². The number of nitrogens with zero attached hydrogens (tertiary/aromatic N) is 5. The van der Waals surface area contributed by atoms with Gasteiger partial charge in [-0.05, 0) is 31.2 Å². The van der Waals surface area contributed by atoms with E-state index in [1.165, 1.54) is 12.1 Å². The van der Waals surface area contributed by atoms with Crippen LogP contribution in [0.1, 0.15) is 13.3 Å². The molecular formula is C24H27N5O6. The Hall–Kier alpha value is -4.15. The zero-order valence-electron chi connectivity index (χ0n) is 19.5. The van der Waals surface area contributed by atoms with Gasteiger partial charge in [0.05, 0.1) is 22.4 Å². The van der Waals surface area contributed by atoms with E-state index in [0.29, 0.717) is 32.7 Å². The van der Waals surface area contributed by atoms with E-state index in [0.717, 1.165) is 16.7 Å². The van der Waals surface area contributed by atoms with E-state index in [1.807, 2.05) is 36.1 Å². The molecule has 0 N–H and O–H groups in total. The Bertz CT molecular complexity index is 1290. The number of hydrogen-bond donors (Lipinski definition) is 0. The summed E-state index contributed by atoms with van der Waals surface area (Å²) in [6, 6.07) is 13.7. The topological polar surface area (TPSA) is 120 Å². The highest BCUT2D eigenvalue weighted by Crippen LogP contribution is 2.20. The van der Waals surface area contributed by atoms with Gasteiger partial charge in [0.1, 0.15) is 0 Å². The van der Waals surface area contributed by atoms with Crippen molar-refractivity contribution in [2.45, 2.75) is 26.4 Å². The lowest BCUT2D eigenvalue weighted by molar-refractivity contribution is -0.384. The molecule has 11 nitrogen and oxygen atoms in total. The SMILES string of the molecule is CCn1c(=O)n(CCC(=O)OCC(=O)N2CCN(c3ccc([N+](=O)[O-])cc3)CC2)c2ccccc21. The molecule has 0 aliphatic carbocycles. The molecule has 11 heteroatoms. The Balaban J connectivity index is 1.25. The summed E-state index contributed by atoms with van der Waals surface area (Å²) in [5.74, 6) is -0.815. The van der Waals surface area contributed by atoms with Crippen molar-refractivity contribution in [3.05, 3.63) is 69.1 Å². The lowest BCUT2D eigenvalue weighted by Gasteiger charge is -2.36. The number of carbonyl (C=O) groups excluding carboxylic acids is 2. The number of piperazine rings is 1. The summed E-state index contributed by atoms with van der Waals surface area (Å²) in [6.07, 6.45) is -0.0150. The van der Waals surface area contributed by atoms with Crippen LogP contribution in [0.15, 0.2) is 53.3 Å². The normalized spacial score (nSPS) is 13.7. The molecular weight excluding hydrogens is 454 g/mol. The monoisotopic (exact) mass is 481 g/mol. The second-order valence-corrected chi connectivity index (χ2v) is 8.22. The molecule has 0 spiro atoms. The van der Waals surface area contributed by atoms with Crippen molar-refractivity contribution in [3.63, 3.8) is 0 Å². The maximum atomic E-state index is 12.7. The number of nitro groups is 1. The number of carbonyl (C=O) groups is 2. The van der Waals surface area contributed by atoms with Crippen LogP contribution in [0.5, 0.6) is 0 Å². The summed E-state index contributed by atoms with van der Waals surface area (Å²) in [7, 11) is 0. The fourth-order valence-corrected chi connectivity index (χ4v) is 4.30. The lowest BCUT2D eigenvalue weighted by Crippen LogP contribution is -2.49. The maximum Gasteiger partial charge on any atom is 0.329 e. The Morgan fingerprint density at radius 3 is 2.20 bits per heavy atom. The molecule has 1 amide bonds. The van der Waals surface area contributed by atoms with Gasteiger partial charge in [-0.25, -0.2) is 4.79 Å². The molecule has 1 saturated heterocycles. The van der Waals surface area contributed by atoms with Crippen molar-refractivity contribution < 1.29 is 19.2 Å². The van der Waals surface area contributed by atoms with E-state index >= 15 is 0 Å². The number of aromatic nitrogens is 2. The minimum absolute atomic E-state index is 0.0150. The number of rotatable bonds is 8. The predicted octanol–water partition coefficient (Wildman–Crippen LogP) is 2.01. The Morgan fingerprint density at radius 2 is 1.60 bits per heavy atom. The van der Waals surface area contributed by atoms with Crippen molar-refractivity contribution >= 4 is 34.3 Å². The number of ether oxygens (including phenoxy) is 1. The molecule has 184 valence electrons. The highest BCUT2D eigenvalue weighted by Gasteiger charge is 2.23. The molecule has 2 aromatic carbocycles. The Labute approximate surface area is 201 Å². The minimum Gasteiger partial charge on any atom is -0.456 e. The van der Waals surface area contributed by atoms with Gasteiger partial charge in [0.25, 0.3) is 11.6 Å². The van der Waals surface area contributed by atoms with Gasteiger partial charge < -0.3 is 14.5 Å². The molecule has 35 heavy (non-hydrogen) atoms. The first-order valence-electron chi connectivity index (χ1n) is 11.5. The smallest absolute Gasteiger partial charge is 0.329 e. The minimum atomic E-state index is -0.539. The average molecular weight is 482 g/mol. The van der Waals surface area contributed by atoms with Gasteiger partial charge in [0.2, 0.25) is 0 Å². The van der Waals surface area contributed by atoms with E-state index in [-0.39, 0.29) is 36.9 Å². The van der Waals surface area contributed by atoms with Gasteiger partial charge >= 0.3 is 11.7 Å². The maximum absolute atomic E-state index is 12.7. The van der Waals surface area contributed by atoms with Crippen LogP contribution in [0.25, 0.3) is 11.0 Å². The number of nitro benzene ring substituents is 1. The van der Waals surface area contributed by atoms with Gasteiger partial charge in [-0.1, -0.05) is 12.1 Å². The van der Waals surface area contributed by atoms with Gasteiger partial charge in [-0.2, -0.15) is 0 Å². The number of aryl methyl sites for hydroxylation is 2. The molecule has 3 aromatic rings. The molecule has 1 aliphatic rings. The highest BCUT2D eigenvalue weighted by atomic mass is 16.6. The van der Waals surface area contributed by atoms with Crippen LogP contribution in [0.4, 0.5) is 11.4 Å². The summed E-state index contributed by atoms with van der Waals surface area (Å²) in [5.41, 5.74) is 2.29. The summed E-state index contributed by atoms with van der Waals surface area (Å²) in [4.78, 5) is 51.5. The van der Waals surface area contributed by atoms with Gasteiger partial charge in [-0.15, -0.1) is 0 Å². The number of benzene rings is 2. The fourth-order valence-electron chi connectivity index (χ4n) is 4.30. The summed E-state index contributed by atoms with van der Waals surface area (Å²) in [5, 5.41) is 10.8. The average Bonchev–Trinajstić information content (AvgIpc) is 3.16. The van der Waals surface area contributed by atoms with Crippen molar-refractivity contribution in [3.8, 4) is 0 Å². The molecule has 0 atom stereocenters. The van der Waals surface area contributed by atoms with Crippen LogP contribution in [-0.4, -0.2) is 63.6 Å². The third-order valence-electron chi connectivity index (χ3n) is 6.20. The Kier molecular flexibility index (Phi) is 7.14. The van der Waals surface area contributed by atoms with Crippen LogP contribution >= 0.6 is 0 Å². The molecule has 4 rings (SSSR count). The largest absolute Gasteiger partial charge is 0.456 e. The number of amides is 1. The fraction of sp³-hybridized carbons (Fsp3) is 0.375. The summed E-state index contributed by atoms with van der Waals surface area (Å²) in [6.45, 7) is 4.31. The first kappa shape index (κ1) is 24.0.